The predicted octanol–water partition coefficient (Wildman–Crippen LogP) is 6.49. The fourth-order valence-electron chi connectivity index (χ4n) is 10.4. The number of primary amides is 1. The Balaban J connectivity index is 1.38. The highest BCUT2D eigenvalue weighted by Gasteiger charge is 2.64. The van der Waals surface area contributed by atoms with Gasteiger partial charge < -0.3 is 70.9 Å². The van der Waals surface area contributed by atoms with Gasteiger partial charge in [0, 0.05) is 69.6 Å². The molecule has 10 atom stereocenters. The van der Waals surface area contributed by atoms with Gasteiger partial charge in [-0.3, -0.25) is 34.1 Å². The molecule has 4 bridgehead atoms. The molecule has 0 radical (unpaired) electrons. The number of esters is 1. The summed E-state index contributed by atoms with van der Waals surface area (Å²) in [5, 5.41) is 27.5. The number of benzene rings is 2. The van der Waals surface area contributed by atoms with Gasteiger partial charge in [-0.25, -0.2) is 14.4 Å². The fourth-order valence-corrected chi connectivity index (χ4v) is 11.0. The Kier molecular flexibility index (Phi) is 26.2. The molecule has 90 heavy (non-hydrogen) atoms. The average molecular weight is 1350 g/mol. The first-order valence-corrected chi connectivity index (χ1v) is 30.7. The molecule has 3 aliphatic rings. The highest BCUT2D eigenvalue weighted by molar-refractivity contribution is 9.09. The third kappa shape index (κ3) is 19.4. The van der Waals surface area contributed by atoms with Crippen LogP contribution in [0.2, 0.25) is 5.02 Å². The number of nitrogens with one attached hydrogen (secondary N) is 6. The molecule has 496 valence electrons. The van der Waals surface area contributed by atoms with E-state index < -0.39 is 143 Å². The van der Waals surface area contributed by atoms with Crippen LogP contribution in [0.4, 0.5) is 34.1 Å². The van der Waals surface area contributed by atoms with Crippen LogP contribution in [0.15, 0.2) is 66.3 Å². The largest absolute Gasteiger partial charge is 0.495 e. The monoisotopic (exact) mass is 1350 g/mol. The molecule has 9 amide bonds. The van der Waals surface area contributed by atoms with E-state index in [0.29, 0.717) is 59.7 Å². The maximum Gasteiger partial charge on any atom is 0.417 e. The molecule has 9 N–H and O–H groups in total. The van der Waals surface area contributed by atoms with Crippen LogP contribution < -0.4 is 47.3 Å². The molecule has 3 heterocycles. The Morgan fingerprint density at radius 3 is 2.33 bits per heavy atom. The lowest BCUT2D eigenvalue weighted by molar-refractivity contribution is -0.158. The Morgan fingerprint density at radius 1 is 1.01 bits per heavy atom. The summed E-state index contributed by atoms with van der Waals surface area (Å²) in [6.45, 7) is 13.5. The van der Waals surface area contributed by atoms with Gasteiger partial charge in [-0.2, -0.15) is 13.2 Å². The van der Waals surface area contributed by atoms with Crippen LogP contribution in [0.25, 0.3) is 0 Å². The maximum absolute atomic E-state index is 15.1. The van der Waals surface area contributed by atoms with Crippen molar-refractivity contribution in [2.24, 2.45) is 17.6 Å². The van der Waals surface area contributed by atoms with E-state index >= 15 is 13.2 Å². The molecule has 0 saturated carbocycles. The SMILES string of the molecule is C=C(CBr)C(=O)NCCCCCC(=O)N[C@H](C(=O)N[C@@H](CCCNC(N)=O)C(=O)Nc1ccc(C(=O)N(C)[C@@H](C)C(=O)O[C@H]2CC(=O)N(C)c3cc(cc(OC)c3Cl)C/C(C)=C/C=C/[C@@H](OC)[C@@]3(O)C[C@H](OC(=O)N3)[C@@H](C)[C@@H]3O[C@@]23C)c(C(F)(F)F)c1)C(C)C. The molecule has 0 unspecified atom stereocenters. The van der Waals surface area contributed by atoms with Gasteiger partial charge in [0.15, 0.2) is 5.72 Å². The van der Waals surface area contributed by atoms with E-state index in [0.717, 1.165) is 24.8 Å². The Bertz CT molecular complexity index is 3080. The Labute approximate surface area is 534 Å². The number of alkyl carbamates (subject to hydrolysis) is 1. The number of alkyl halides is 4. The summed E-state index contributed by atoms with van der Waals surface area (Å²) in [7, 11) is 5.26. The predicted molar refractivity (Wildman–Crippen MR) is 330 cm³/mol. The van der Waals surface area contributed by atoms with Gasteiger partial charge in [-0.15, -0.1) is 0 Å². The number of amides is 9. The second-order valence-corrected chi connectivity index (χ2v) is 24.1. The van der Waals surface area contributed by atoms with Crippen LogP contribution in [-0.4, -0.2) is 164 Å². The molecule has 3 aliphatic heterocycles. The van der Waals surface area contributed by atoms with Crippen LogP contribution in [-0.2, 0) is 60.3 Å². The first-order valence-electron chi connectivity index (χ1n) is 29.2. The maximum atomic E-state index is 15.1. The number of fused-ring (bicyclic) bond motifs is 5. The molecule has 0 aliphatic carbocycles. The van der Waals surface area contributed by atoms with Crippen molar-refractivity contribution in [3.05, 3.63) is 88.0 Å². The zero-order chi connectivity index (χ0) is 67.2. The summed E-state index contributed by atoms with van der Waals surface area (Å²) < 4.78 is 74.6. The van der Waals surface area contributed by atoms with E-state index in [9.17, 15) is 48.3 Å². The van der Waals surface area contributed by atoms with E-state index in [4.69, 9.17) is 41.0 Å². The Morgan fingerprint density at radius 2 is 1.70 bits per heavy atom. The average Bonchev–Trinajstić information content (AvgIpc) is 1.57. The molecular formula is C61H82BrClF3N9O15. The van der Waals surface area contributed by atoms with Crippen LogP contribution in [0.3, 0.4) is 0 Å². The molecule has 29 heteroatoms. The molecule has 2 fully saturated rings. The number of urea groups is 1. The number of hydrogen-bond acceptors (Lipinski definition) is 15. The molecule has 2 aromatic carbocycles. The van der Waals surface area contributed by atoms with Crippen molar-refractivity contribution in [3.8, 4) is 5.75 Å². The standard InChI is InChI=1S/C61H82BrClF3N9O15/c1-32(2)50(72-47(76)20-13-12-14-23-68-52(78)34(4)31-62)54(80)71-41(18-16-24-69-57(67)83)53(79)70-38-21-22-39(40(28-38)61(64,65)66)55(81)74(8)36(6)56(82)89-46-29-48(77)75(9)42-26-37(27-43(86-10)49(42)63)25-33(3)17-15-19-45(87-11)60(85)30-44(88-58(84)73-60)35(5)51-59(46,7)90-51/h15,17,19,21-22,26-28,32,35-36,41,44-46,50-51,85H,4,12-14,16,18,20,23-25,29-31H2,1-3,5-11H3,(H,68,78)(H,70,79)(H,71,80)(H,72,76)(H,73,84)(H3,67,69,83)/b19-15+,33-17+/t35-,36+,41+,44+,45-,46+,50+,51+,59+,60+/m1/s1. The van der Waals surface area contributed by atoms with Gasteiger partial charge in [0.2, 0.25) is 29.5 Å². The molecule has 5 rings (SSSR count). The second kappa shape index (κ2) is 32.1. The topological polar surface area (TPSA) is 328 Å². The lowest BCUT2D eigenvalue weighted by atomic mass is 9.83. The lowest BCUT2D eigenvalue weighted by Crippen LogP contribution is -2.63. The van der Waals surface area contributed by atoms with E-state index in [1.54, 1.807) is 58.1 Å². The van der Waals surface area contributed by atoms with Crippen LogP contribution in [0.5, 0.6) is 5.75 Å². The number of hydrogen-bond donors (Lipinski definition) is 8. The molecule has 2 aromatic rings. The summed E-state index contributed by atoms with van der Waals surface area (Å²) in [6, 6.07) is 0.543. The minimum atomic E-state index is -5.25. The second-order valence-electron chi connectivity index (χ2n) is 23.1. The van der Waals surface area contributed by atoms with E-state index in [1.165, 1.54) is 33.1 Å². The third-order valence-electron chi connectivity index (χ3n) is 16.0. The number of ether oxygens (including phenoxy) is 5. The highest BCUT2D eigenvalue weighted by atomic mass is 79.9. The fraction of sp³-hybridized carbons (Fsp3) is 0.557. The number of carbonyl (C=O) groups is 9. The Hall–Kier alpha value is -7.27. The smallest absolute Gasteiger partial charge is 0.417 e. The van der Waals surface area contributed by atoms with Crippen molar-refractivity contribution in [2.75, 3.05) is 57.0 Å². The minimum absolute atomic E-state index is 0.0291. The number of unbranched alkanes of at least 4 members (excludes halogenated alkanes) is 2. The van der Waals surface area contributed by atoms with Crippen molar-refractivity contribution in [1.82, 2.24) is 31.5 Å². The number of epoxide rings is 1. The van der Waals surface area contributed by atoms with Gasteiger partial charge in [0.05, 0.1) is 36.4 Å². The quantitative estimate of drug-likeness (QED) is 0.0183. The third-order valence-corrected chi connectivity index (χ3v) is 17.0. The van der Waals surface area contributed by atoms with Crippen molar-refractivity contribution in [2.45, 2.75) is 159 Å². The van der Waals surface area contributed by atoms with Crippen LogP contribution >= 0.6 is 27.5 Å². The molecule has 0 spiro atoms. The van der Waals surface area contributed by atoms with E-state index in [1.807, 2.05) is 6.92 Å². The number of aliphatic hydroxyl groups is 1. The van der Waals surface area contributed by atoms with Gasteiger partial charge in [-0.05, 0) is 94.7 Å². The summed E-state index contributed by atoms with van der Waals surface area (Å²) in [4.78, 5) is 122. The van der Waals surface area contributed by atoms with Gasteiger partial charge >= 0.3 is 24.3 Å². The summed E-state index contributed by atoms with van der Waals surface area (Å²) in [6.07, 6.45) is -4.74. The van der Waals surface area contributed by atoms with E-state index in [2.05, 4.69) is 54.4 Å². The molecule has 24 nitrogen and oxygen atoms in total. The summed E-state index contributed by atoms with van der Waals surface area (Å²) in [5.74, 6) is -6.71. The minimum Gasteiger partial charge on any atom is -0.495 e. The lowest BCUT2D eigenvalue weighted by Gasteiger charge is -2.42. The number of halogens is 5. The zero-order valence-corrected chi connectivity index (χ0v) is 54.4. The number of likely N-dealkylation sites (N-methyl/N-ethyl adjacent to an activating group) is 1. The summed E-state index contributed by atoms with van der Waals surface area (Å²) >= 11 is 9.99. The first kappa shape index (κ1) is 73.5. The normalized spacial score (nSPS) is 23.8. The molecular weight excluding hydrogens is 1270 g/mol. The van der Waals surface area contributed by atoms with Crippen molar-refractivity contribution < 1.29 is 85.1 Å². The van der Waals surface area contributed by atoms with Crippen LogP contribution in [0, 0.1) is 11.8 Å². The number of nitrogens with zero attached hydrogens (tertiary/aromatic N) is 2. The molecule has 0 aromatic heterocycles. The summed E-state index contributed by atoms with van der Waals surface area (Å²) in [5.41, 5.74) is 0.850. The van der Waals surface area contributed by atoms with Crippen LogP contribution in [0.1, 0.15) is 114 Å². The van der Waals surface area contributed by atoms with Gasteiger partial charge in [0.1, 0.15) is 52.8 Å². The number of anilines is 2. The number of nitrogens with two attached hydrogens (primary N) is 1. The number of methoxy groups -OCH3 is 2. The highest BCUT2D eigenvalue weighted by Crippen LogP contribution is 2.49. The van der Waals surface area contributed by atoms with Gasteiger partial charge in [-0.1, -0.05) is 85.1 Å². The first-order chi connectivity index (χ1) is 42.2. The zero-order valence-electron chi connectivity index (χ0n) is 52.0. The van der Waals surface area contributed by atoms with E-state index in [-0.39, 0.29) is 54.6 Å². The molecule has 2 saturated heterocycles. The number of rotatable bonds is 24. The van der Waals surface area contributed by atoms with Gasteiger partial charge in [0.25, 0.3) is 5.91 Å². The van der Waals surface area contributed by atoms with Crippen molar-refractivity contribution >= 4 is 92.4 Å². The number of allylic oxidation sites excluding steroid dienone is 3. The number of carbonyl (C=O) groups excluding carboxylic acids is 9. The van der Waals surface area contributed by atoms with Crippen molar-refractivity contribution in [3.63, 3.8) is 0 Å². The van der Waals surface area contributed by atoms with Crippen molar-refractivity contribution in [1.29, 1.82) is 0 Å².